The summed E-state index contributed by atoms with van der Waals surface area (Å²) < 4.78 is 0. The molecule has 2 aliphatic rings. The summed E-state index contributed by atoms with van der Waals surface area (Å²) in [4.78, 5) is 30.3. The van der Waals surface area contributed by atoms with E-state index >= 15 is 0 Å². The maximum Gasteiger partial charge on any atom is 0.255 e. The quantitative estimate of drug-likeness (QED) is 0.467. The number of carbonyl (C=O) groups excluding carboxylic acids is 1. The average molecular weight is 476 g/mol. The number of nitrogens with zero attached hydrogens (tertiary/aromatic N) is 5. The van der Waals surface area contributed by atoms with Crippen LogP contribution in [0.25, 0.3) is 10.6 Å². The number of nitriles is 1. The molecule has 0 radical (unpaired) electrons. The van der Waals surface area contributed by atoms with Gasteiger partial charge < -0.3 is 4.90 Å². The minimum atomic E-state index is 0.0581. The molecule has 0 N–H and O–H groups in total. The van der Waals surface area contributed by atoms with E-state index in [4.69, 9.17) is 4.98 Å². The highest BCUT2D eigenvalue weighted by Crippen LogP contribution is 2.40. The molecule has 0 spiro atoms. The van der Waals surface area contributed by atoms with Crippen molar-refractivity contribution in [3.8, 4) is 16.6 Å². The maximum absolute atomic E-state index is 13.3. The second kappa shape index (κ2) is 8.81. The Labute approximate surface area is 201 Å². The molecule has 5 heterocycles. The van der Waals surface area contributed by atoms with Crippen molar-refractivity contribution in [2.24, 2.45) is 0 Å². The zero-order chi connectivity index (χ0) is 23.1. The van der Waals surface area contributed by atoms with Crippen molar-refractivity contribution in [2.75, 3.05) is 0 Å². The van der Waals surface area contributed by atoms with Gasteiger partial charge in [-0.25, -0.2) is 9.97 Å². The Bertz CT molecular complexity index is 1260. The SMILES string of the molecule is CC(C#N)=C1C[C@H]2CC[C@@H](C1)N2C(=O)c1ccc(Cc2nc(-c3sc(C)nc3C)cs2)nc1. The molecule has 2 aliphatic heterocycles. The highest BCUT2D eigenvalue weighted by Gasteiger charge is 2.42. The number of fused-ring (bicyclic) bond motifs is 2. The standard InChI is InChI=1S/C25H25N5OS2/c1-14(11-26)18-8-20-6-7-21(9-18)30(20)25(31)17-4-5-19(27-12-17)10-23-29-22(13-32-23)24-15(2)28-16(3)33-24/h4-5,12-13,20-21H,6-10H2,1-3H3/t20-,21+. The number of thiazole rings is 2. The third-order valence-corrected chi connectivity index (χ3v) is 8.55. The van der Waals surface area contributed by atoms with E-state index in [1.165, 1.54) is 5.57 Å². The van der Waals surface area contributed by atoms with Gasteiger partial charge in [-0.3, -0.25) is 9.78 Å². The van der Waals surface area contributed by atoms with E-state index in [2.05, 4.69) is 21.4 Å². The van der Waals surface area contributed by atoms with Gasteiger partial charge in [0.05, 0.1) is 37.9 Å². The first-order valence-electron chi connectivity index (χ1n) is 11.2. The van der Waals surface area contributed by atoms with Crippen LogP contribution in [0.3, 0.4) is 0 Å². The zero-order valence-corrected chi connectivity index (χ0v) is 20.6. The van der Waals surface area contributed by atoms with Gasteiger partial charge in [0.15, 0.2) is 0 Å². The minimum absolute atomic E-state index is 0.0581. The third-order valence-electron chi connectivity index (χ3n) is 6.61. The number of rotatable bonds is 4. The Balaban J connectivity index is 1.28. The number of hydrogen-bond acceptors (Lipinski definition) is 7. The van der Waals surface area contributed by atoms with E-state index in [0.717, 1.165) is 63.2 Å². The van der Waals surface area contributed by atoms with Crippen LogP contribution in [0.15, 0.2) is 34.9 Å². The van der Waals surface area contributed by atoms with Crippen molar-refractivity contribution >= 4 is 28.6 Å². The maximum atomic E-state index is 13.3. The fraction of sp³-hybridized carbons (Fsp3) is 0.400. The van der Waals surface area contributed by atoms with Gasteiger partial charge in [-0.15, -0.1) is 22.7 Å². The topological polar surface area (TPSA) is 82.8 Å². The van der Waals surface area contributed by atoms with Crippen LogP contribution in [0, 0.1) is 25.2 Å². The first-order valence-corrected chi connectivity index (χ1v) is 12.9. The lowest BCUT2D eigenvalue weighted by atomic mass is 9.92. The predicted octanol–water partition coefficient (Wildman–Crippen LogP) is 5.48. The fourth-order valence-corrected chi connectivity index (χ4v) is 6.71. The van der Waals surface area contributed by atoms with E-state index in [-0.39, 0.29) is 18.0 Å². The summed E-state index contributed by atoms with van der Waals surface area (Å²) in [6, 6.07) is 6.50. The van der Waals surface area contributed by atoms with Crippen LogP contribution in [-0.4, -0.2) is 37.8 Å². The molecule has 3 aromatic heterocycles. The number of pyridine rings is 1. The smallest absolute Gasteiger partial charge is 0.255 e. The van der Waals surface area contributed by atoms with Crippen molar-refractivity contribution in [1.82, 2.24) is 19.9 Å². The Hall–Kier alpha value is -2.89. The number of aryl methyl sites for hydroxylation is 2. The van der Waals surface area contributed by atoms with E-state index in [1.54, 1.807) is 28.9 Å². The lowest BCUT2D eigenvalue weighted by Gasteiger charge is -2.36. The summed E-state index contributed by atoms with van der Waals surface area (Å²) in [5, 5.41) is 13.4. The summed E-state index contributed by atoms with van der Waals surface area (Å²) in [7, 11) is 0. The molecule has 0 aliphatic carbocycles. The minimum Gasteiger partial charge on any atom is -0.332 e. The summed E-state index contributed by atoms with van der Waals surface area (Å²) in [6.45, 7) is 5.92. The number of aromatic nitrogens is 3. The Morgan fingerprint density at radius 1 is 1.21 bits per heavy atom. The second-order valence-corrected chi connectivity index (χ2v) is 11.0. The largest absolute Gasteiger partial charge is 0.332 e. The number of carbonyl (C=O) groups is 1. The van der Waals surface area contributed by atoms with Crippen molar-refractivity contribution in [3.63, 3.8) is 0 Å². The van der Waals surface area contributed by atoms with Crippen LogP contribution < -0.4 is 0 Å². The molecular weight excluding hydrogens is 450 g/mol. The highest BCUT2D eigenvalue weighted by molar-refractivity contribution is 7.16. The molecule has 5 rings (SSSR count). The van der Waals surface area contributed by atoms with Gasteiger partial charge in [0.25, 0.3) is 5.91 Å². The van der Waals surface area contributed by atoms with E-state index < -0.39 is 0 Å². The van der Waals surface area contributed by atoms with Gasteiger partial charge in [0, 0.05) is 41.3 Å². The third kappa shape index (κ3) is 4.23. The molecule has 2 fully saturated rings. The molecule has 8 heteroatoms. The van der Waals surface area contributed by atoms with Crippen LogP contribution in [0.4, 0.5) is 0 Å². The van der Waals surface area contributed by atoms with Crippen molar-refractivity contribution in [3.05, 3.63) is 61.8 Å². The van der Waals surface area contributed by atoms with Gasteiger partial charge >= 0.3 is 0 Å². The number of piperidine rings is 1. The van der Waals surface area contributed by atoms with Gasteiger partial charge in [-0.05, 0) is 58.6 Å². The van der Waals surface area contributed by atoms with Crippen LogP contribution in [0.1, 0.15) is 64.4 Å². The number of allylic oxidation sites excluding steroid dienone is 1. The first-order chi connectivity index (χ1) is 15.9. The molecule has 0 saturated carbocycles. The Morgan fingerprint density at radius 3 is 2.58 bits per heavy atom. The molecule has 1 amide bonds. The van der Waals surface area contributed by atoms with Gasteiger partial charge in [-0.2, -0.15) is 5.26 Å². The van der Waals surface area contributed by atoms with Crippen molar-refractivity contribution in [1.29, 1.82) is 5.26 Å². The lowest BCUT2D eigenvalue weighted by Crippen LogP contribution is -2.44. The van der Waals surface area contributed by atoms with Gasteiger partial charge in [0.1, 0.15) is 0 Å². The molecule has 33 heavy (non-hydrogen) atoms. The highest BCUT2D eigenvalue weighted by atomic mass is 32.1. The first kappa shape index (κ1) is 21.9. The van der Waals surface area contributed by atoms with Crippen LogP contribution in [-0.2, 0) is 6.42 Å². The summed E-state index contributed by atoms with van der Waals surface area (Å²) in [5.41, 5.74) is 5.57. The Kier molecular flexibility index (Phi) is 5.85. The molecule has 168 valence electrons. The van der Waals surface area contributed by atoms with Crippen LogP contribution in [0.5, 0.6) is 0 Å². The zero-order valence-electron chi connectivity index (χ0n) is 19.0. The summed E-state index contributed by atoms with van der Waals surface area (Å²) in [6.07, 6.45) is 6.00. The van der Waals surface area contributed by atoms with Crippen molar-refractivity contribution in [2.45, 2.75) is 65.0 Å². The van der Waals surface area contributed by atoms with Crippen LogP contribution >= 0.6 is 22.7 Å². The van der Waals surface area contributed by atoms with Crippen LogP contribution in [0.2, 0.25) is 0 Å². The van der Waals surface area contributed by atoms with Gasteiger partial charge in [-0.1, -0.05) is 5.57 Å². The molecule has 2 atom stereocenters. The molecule has 2 saturated heterocycles. The number of amides is 1. The molecule has 3 aromatic rings. The molecule has 6 nitrogen and oxygen atoms in total. The molecule has 0 aromatic carbocycles. The van der Waals surface area contributed by atoms with E-state index in [0.29, 0.717) is 12.0 Å². The number of hydrogen-bond donors (Lipinski definition) is 0. The molecule has 2 bridgehead atoms. The second-order valence-electron chi connectivity index (χ2n) is 8.83. The molecular formula is C25H25N5OS2. The summed E-state index contributed by atoms with van der Waals surface area (Å²) in [5.74, 6) is 0.0581. The van der Waals surface area contributed by atoms with E-state index in [9.17, 15) is 10.1 Å². The van der Waals surface area contributed by atoms with E-state index in [1.807, 2.05) is 37.8 Å². The lowest BCUT2D eigenvalue weighted by molar-refractivity contribution is 0.0633. The fourth-order valence-electron chi connectivity index (χ4n) is 4.96. The average Bonchev–Trinajstić information content (AvgIpc) is 3.48. The monoisotopic (exact) mass is 475 g/mol. The Morgan fingerprint density at radius 2 is 1.97 bits per heavy atom. The molecule has 0 unspecified atom stereocenters. The van der Waals surface area contributed by atoms with Crippen molar-refractivity contribution < 1.29 is 4.79 Å². The van der Waals surface area contributed by atoms with Gasteiger partial charge in [0.2, 0.25) is 0 Å². The predicted molar refractivity (Wildman–Crippen MR) is 130 cm³/mol. The summed E-state index contributed by atoms with van der Waals surface area (Å²) >= 11 is 3.30. The normalized spacial score (nSPS) is 21.2.